The minimum Gasteiger partial charge on any atom is -0.301 e. The lowest BCUT2D eigenvalue weighted by Gasteiger charge is -2.42. The molecule has 3 rings (SSSR count). The molecular weight excluding hydrogens is 268 g/mol. The van der Waals surface area contributed by atoms with Crippen LogP contribution < -0.4 is 10.6 Å². The van der Waals surface area contributed by atoms with Gasteiger partial charge in [0.1, 0.15) is 0 Å². The second-order valence-corrected chi connectivity index (χ2v) is 8.64. The van der Waals surface area contributed by atoms with Crippen LogP contribution in [0.2, 0.25) is 0 Å². The normalized spacial score (nSPS) is 43.9. The maximum atomic E-state index is 3.81. The highest BCUT2D eigenvalue weighted by Crippen LogP contribution is 2.41. The molecule has 3 fully saturated rings. The summed E-state index contributed by atoms with van der Waals surface area (Å²) in [6.07, 6.45) is 15.3. The van der Waals surface area contributed by atoms with E-state index < -0.39 is 0 Å². The van der Waals surface area contributed by atoms with Gasteiger partial charge in [0.15, 0.2) is 0 Å². The van der Waals surface area contributed by atoms with Crippen LogP contribution in [0.5, 0.6) is 0 Å². The second-order valence-electron chi connectivity index (χ2n) is 8.64. The van der Waals surface area contributed by atoms with Gasteiger partial charge in [-0.05, 0) is 74.5 Å². The van der Waals surface area contributed by atoms with Crippen LogP contribution in [0.15, 0.2) is 0 Å². The summed E-state index contributed by atoms with van der Waals surface area (Å²) in [7, 11) is 0. The van der Waals surface area contributed by atoms with Crippen LogP contribution in [0.3, 0.4) is 0 Å². The van der Waals surface area contributed by atoms with Gasteiger partial charge in [0, 0.05) is 13.1 Å². The smallest absolute Gasteiger partial charge is 0.0600 e. The van der Waals surface area contributed by atoms with Crippen LogP contribution in [0.1, 0.15) is 78.1 Å². The molecule has 2 heteroatoms. The largest absolute Gasteiger partial charge is 0.301 e. The molecule has 1 heterocycles. The third-order valence-corrected chi connectivity index (χ3v) is 6.96. The highest BCUT2D eigenvalue weighted by atomic mass is 15.2. The zero-order valence-electron chi connectivity index (χ0n) is 14.9. The fourth-order valence-corrected chi connectivity index (χ4v) is 5.38. The van der Waals surface area contributed by atoms with E-state index in [9.17, 15) is 0 Å². The fraction of sp³-hybridized carbons (Fsp3) is 1.00. The summed E-state index contributed by atoms with van der Waals surface area (Å²) in [6, 6.07) is 0. The van der Waals surface area contributed by atoms with E-state index in [1.54, 1.807) is 0 Å². The second kappa shape index (κ2) is 8.15. The fourth-order valence-electron chi connectivity index (χ4n) is 5.38. The number of hydrogen-bond acceptors (Lipinski definition) is 2. The summed E-state index contributed by atoms with van der Waals surface area (Å²) in [5.74, 6) is 4.88. The van der Waals surface area contributed by atoms with Crippen LogP contribution in [-0.2, 0) is 0 Å². The van der Waals surface area contributed by atoms with E-state index in [0.717, 1.165) is 29.6 Å². The summed E-state index contributed by atoms with van der Waals surface area (Å²) < 4.78 is 0. The molecule has 2 nitrogen and oxygen atoms in total. The Morgan fingerprint density at radius 3 is 1.77 bits per heavy atom. The molecule has 0 radical (unpaired) electrons. The predicted molar refractivity (Wildman–Crippen MR) is 94.8 cm³/mol. The van der Waals surface area contributed by atoms with Gasteiger partial charge in [-0.2, -0.15) is 0 Å². The number of nitrogens with one attached hydrogen (secondary N) is 2. The molecule has 0 amide bonds. The Hall–Kier alpha value is -0.0800. The van der Waals surface area contributed by atoms with Crippen LogP contribution >= 0.6 is 0 Å². The van der Waals surface area contributed by atoms with Crippen molar-refractivity contribution in [3.8, 4) is 0 Å². The molecule has 0 bridgehead atoms. The van der Waals surface area contributed by atoms with Gasteiger partial charge < -0.3 is 10.6 Å². The van der Waals surface area contributed by atoms with Crippen molar-refractivity contribution in [2.24, 2.45) is 29.6 Å². The maximum absolute atomic E-state index is 3.81. The lowest BCUT2D eigenvalue weighted by molar-refractivity contribution is 0.116. The molecule has 2 saturated carbocycles. The monoisotopic (exact) mass is 306 g/mol. The van der Waals surface area contributed by atoms with Crippen LogP contribution in [0, 0.1) is 29.6 Å². The summed E-state index contributed by atoms with van der Waals surface area (Å²) in [4.78, 5) is 0. The maximum Gasteiger partial charge on any atom is 0.0600 e. The van der Waals surface area contributed by atoms with Gasteiger partial charge in [-0.3, -0.25) is 0 Å². The lowest BCUT2D eigenvalue weighted by Crippen LogP contribution is -2.56. The van der Waals surface area contributed by atoms with Crippen molar-refractivity contribution in [3.05, 3.63) is 0 Å². The zero-order valence-corrected chi connectivity index (χ0v) is 14.9. The molecule has 128 valence electrons. The van der Waals surface area contributed by atoms with E-state index in [2.05, 4.69) is 24.5 Å². The van der Waals surface area contributed by atoms with Crippen LogP contribution in [-0.4, -0.2) is 19.3 Å². The Bertz CT molecular complexity index is 306. The van der Waals surface area contributed by atoms with Gasteiger partial charge in [-0.15, -0.1) is 0 Å². The van der Waals surface area contributed by atoms with Gasteiger partial charge >= 0.3 is 0 Å². The first-order valence-corrected chi connectivity index (χ1v) is 10.2. The molecule has 0 aromatic carbocycles. The van der Waals surface area contributed by atoms with E-state index in [1.807, 2.05) is 0 Å². The molecule has 2 aliphatic carbocycles. The molecule has 0 aromatic rings. The van der Waals surface area contributed by atoms with Crippen molar-refractivity contribution in [1.29, 1.82) is 0 Å². The van der Waals surface area contributed by atoms with Crippen molar-refractivity contribution in [3.63, 3.8) is 0 Å². The molecule has 0 aromatic heterocycles. The molecule has 1 aliphatic heterocycles. The average Bonchev–Trinajstić information content (AvgIpc) is 2.57. The third kappa shape index (κ3) is 4.26. The Morgan fingerprint density at radius 1 is 0.727 bits per heavy atom. The Morgan fingerprint density at radius 2 is 1.23 bits per heavy atom. The van der Waals surface area contributed by atoms with Crippen molar-refractivity contribution in [2.45, 2.75) is 84.2 Å². The highest BCUT2D eigenvalue weighted by Gasteiger charge is 2.33. The standard InChI is InChI=1S/C20H38N2/c1-3-4-16-13-21-20(22-14-16)19-11-9-18(10-12-19)17-7-5-15(2)6-8-17/h15-22H,3-14H2,1-2H3. The van der Waals surface area contributed by atoms with Gasteiger partial charge in [-0.1, -0.05) is 33.1 Å². The molecule has 0 spiro atoms. The molecule has 1 saturated heterocycles. The Balaban J connectivity index is 1.39. The first-order valence-electron chi connectivity index (χ1n) is 10.2. The summed E-state index contributed by atoms with van der Waals surface area (Å²) in [5, 5.41) is 7.63. The van der Waals surface area contributed by atoms with E-state index >= 15 is 0 Å². The van der Waals surface area contributed by atoms with Gasteiger partial charge in [-0.25, -0.2) is 0 Å². The van der Waals surface area contributed by atoms with Crippen molar-refractivity contribution in [2.75, 3.05) is 13.1 Å². The predicted octanol–water partition coefficient (Wildman–Crippen LogP) is 4.55. The quantitative estimate of drug-likeness (QED) is 0.796. The molecule has 3 aliphatic rings. The first kappa shape index (κ1) is 16.8. The lowest BCUT2D eigenvalue weighted by atomic mass is 9.69. The van der Waals surface area contributed by atoms with Gasteiger partial charge in [0.2, 0.25) is 0 Å². The average molecular weight is 307 g/mol. The van der Waals surface area contributed by atoms with E-state index in [0.29, 0.717) is 6.17 Å². The third-order valence-electron chi connectivity index (χ3n) is 6.96. The minimum atomic E-state index is 0.612. The Labute approximate surface area is 138 Å². The van der Waals surface area contributed by atoms with Gasteiger partial charge in [0.05, 0.1) is 6.17 Å². The van der Waals surface area contributed by atoms with Crippen molar-refractivity contribution >= 4 is 0 Å². The van der Waals surface area contributed by atoms with E-state index in [1.165, 1.54) is 77.3 Å². The summed E-state index contributed by atoms with van der Waals surface area (Å²) in [6.45, 7) is 7.23. The van der Waals surface area contributed by atoms with E-state index in [4.69, 9.17) is 0 Å². The minimum absolute atomic E-state index is 0.612. The van der Waals surface area contributed by atoms with Gasteiger partial charge in [0.25, 0.3) is 0 Å². The summed E-state index contributed by atoms with van der Waals surface area (Å²) in [5.41, 5.74) is 0. The highest BCUT2D eigenvalue weighted by molar-refractivity contribution is 4.87. The van der Waals surface area contributed by atoms with Crippen molar-refractivity contribution in [1.82, 2.24) is 10.6 Å². The Kier molecular flexibility index (Phi) is 6.21. The zero-order chi connectivity index (χ0) is 15.4. The SMILES string of the molecule is CCCC1CNC(C2CCC(C3CCC(C)CC3)CC2)NC1. The molecule has 0 atom stereocenters. The van der Waals surface area contributed by atoms with Crippen molar-refractivity contribution < 1.29 is 0 Å². The molecule has 2 N–H and O–H groups in total. The van der Waals surface area contributed by atoms with Crippen LogP contribution in [0.25, 0.3) is 0 Å². The number of rotatable bonds is 4. The topological polar surface area (TPSA) is 24.1 Å². The summed E-state index contributed by atoms with van der Waals surface area (Å²) >= 11 is 0. The van der Waals surface area contributed by atoms with E-state index in [-0.39, 0.29) is 0 Å². The molecular formula is C20H38N2. The number of hydrogen-bond donors (Lipinski definition) is 2. The first-order chi connectivity index (χ1) is 10.8. The van der Waals surface area contributed by atoms with Crippen LogP contribution in [0.4, 0.5) is 0 Å². The molecule has 22 heavy (non-hydrogen) atoms. The molecule has 0 unspecified atom stereocenters.